The topological polar surface area (TPSA) is 9.23 Å². The van der Waals surface area contributed by atoms with Crippen molar-refractivity contribution in [1.29, 1.82) is 0 Å². The van der Waals surface area contributed by atoms with Crippen LogP contribution in [0.15, 0.2) is 24.3 Å². The van der Waals surface area contributed by atoms with Gasteiger partial charge in [0.25, 0.3) is 0 Å². The quantitative estimate of drug-likeness (QED) is 0.374. The smallest absolute Gasteiger partial charge is 0.429 e. The molecule has 182 valence electrons. The zero-order valence-corrected chi connectivity index (χ0v) is 17.5. The fourth-order valence-corrected chi connectivity index (χ4v) is 4.38. The molecule has 1 nitrogen and oxygen atoms in total. The first kappa shape index (κ1) is 25.2. The molecule has 3 rings (SSSR count). The third kappa shape index (κ3) is 5.58. The van der Waals surface area contributed by atoms with Crippen LogP contribution in [0.1, 0.15) is 68.1 Å². The monoisotopic (exact) mass is 484 g/mol. The highest BCUT2D eigenvalue weighted by Crippen LogP contribution is 2.42. The van der Waals surface area contributed by atoms with Gasteiger partial charge in [0.05, 0.1) is 0 Å². The molecular formula is C23H21F9O. The Balaban J connectivity index is 1.84. The summed E-state index contributed by atoms with van der Waals surface area (Å²) < 4.78 is 127. The Morgan fingerprint density at radius 3 is 1.70 bits per heavy atom. The van der Waals surface area contributed by atoms with Crippen molar-refractivity contribution in [3.63, 3.8) is 0 Å². The third-order valence-electron chi connectivity index (χ3n) is 5.92. The van der Waals surface area contributed by atoms with Gasteiger partial charge in [-0.25, -0.2) is 17.6 Å². The molecule has 0 radical (unpaired) electrons. The lowest BCUT2D eigenvalue weighted by atomic mass is 9.77. The van der Waals surface area contributed by atoms with Crippen molar-refractivity contribution in [2.45, 2.75) is 63.7 Å². The van der Waals surface area contributed by atoms with Crippen molar-refractivity contribution in [1.82, 2.24) is 0 Å². The van der Waals surface area contributed by atoms with Gasteiger partial charge in [0.2, 0.25) is 0 Å². The van der Waals surface area contributed by atoms with E-state index in [1.807, 2.05) is 0 Å². The molecule has 0 aromatic heterocycles. The molecule has 33 heavy (non-hydrogen) atoms. The fourth-order valence-electron chi connectivity index (χ4n) is 4.38. The van der Waals surface area contributed by atoms with E-state index in [2.05, 4.69) is 11.7 Å². The number of alkyl halides is 5. The normalized spacial score (nSPS) is 19.6. The van der Waals surface area contributed by atoms with E-state index in [0.29, 0.717) is 18.8 Å². The number of ether oxygens (including phenoxy) is 1. The fraction of sp³-hybridized carbons (Fsp3) is 0.478. The maximum Gasteiger partial charge on any atom is 0.432 e. The van der Waals surface area contributed by atoms with Gasteiger partial charge in [-0.15, -0.1) is 0 Å². The molecule has 0 unspecified atom stereocenters. The Kier molecular flexibility index (Phi) is 7.24. The van der Waals surface area contributed by atoms with Crippen LogP contribution in [0.5, 0.6) is 5.75 Å². The van der Waals surface area contributed by atoms with Gasteiger partial charge in [0, 0.05) is 12.1 Å². The first-order valence-corrected chi connectivity index (χ1v) is 10.5. The molecule has 1 aliphatic carbocycles. The summed E-state index contributed by atoms with van der Waals surface area (Å²) in [6, 6.07) is 1.29. The van der Waals surface area contributed by atoms with Crippen LogP contribution >= 0.6 is 0 Å². The lowest BCUT2D eigenvalue weighted by Gasteiger charge is -2.29. The zero-order chi connectivity index (χ0) is 24.6. The van der Waals surface area contributed by atoms with Crippen molar-refractivity contribution in [2.24, 2.45) is 5.92 Å². The molecule has 1 aliphatic rings. The van der Waals surface area contributed by atoms with Crippen molar-refractivity contribution >= 4 is 0 Å². The Labute approximate surface area is 184 Å². The molecule has 0 saturated heterocycles. The number of hydrogen-bond donors (Lipinski definition) is 0. The lowest BCUT2D eigenvalue weighted by Crippen LogP contribution is -2.26. The number of benzene rings is 2. The van der Waals surface area contributed by atoms with Gasteiger partial charge < -0.3 is 4.74 Å². The standard InChI is InChI=1S/C23H21F9O/c1-2-3-12-4-6-13(7-5-12)14-8-16(24)21(17(25)9-14)23(31,32)33-15-10-18(26)20(19(27)11-15)22(28,29)30/h8-13H,2-7H2,1H3. The van der Waals surface area contributed by atoms with Crippen molar-refractivity contribution in [3.05, 3.63) is 64.2 Å². The number of halogens is 9. The molecule has 0 atom stereocenters. The predicted octanol–water partition coefficient (Wildman–Crippen LogP) is 8.46. The first-order chi connectivity index (χ1) is 15.3. The van der Waals surface area contributed by atoms with E-state index in [4.69, 9.17) is 0 Å². The summed E-state index contributed by atoms with van der Waals surface area (Å²) in [5.41, 5.74) is -3.88. The molecule has 0 heterocycles. The van der Waals surface area contributed by atoms with E-state index < -0.39 is 52.4 Å². The van der Waals surface area contributed by atoms with Crippen LogP contribution in [0.2, 0.25) is 0 Å². The summed E-state index contributed by atoms with van der Waals surface area (Å²) in [6.45, 7) is 2.06. The van der Waals surface area contributed by atoms with Crippen molar-refractivity contribution in [3.8, 4) is 5.75 Å². The van der Waals surface area contributed by atoms with Gasteiger partial charge in [0.15, 0.2) is 0 Å². The summed E-state index contributed by atoms with van der Waals surface area (Å²) in [7, 11) is 0. The zero-order valence-electron chi connectivity index (χ0n) is 17.5. The van der Waals surface area contributed by atoms with E-state index in [1.54, 1.807) is 0 Å². The van der Waals surface area contributed by atoms with E-state index in [1.165, 1.54) is 0 Å². The highest BCUT2D eigenvalue weighted by atomic mass is 19.4. The highest BCUT2D eigenvalue weighted by Gasteiger charge is 2.43. The molecule has 0 N–H and O–H groups in total. The molecule has 2 aromatic carbocycles. The van der Waals surface area contributed by atoms with E-state index in [9.17, 15) is 39.5 Å². The van der Waals surface area contributed by atoms with Crippen molar-refractivity contribution < 1.29 is 44.3 Å². The van der Waals surface area contributed by atoms with E-state index in [0.717, 1.165) is 37.8 Å². The molecule has 2 aromatic rings. The maximum absolute atomic E-state index is 14.5. The van der Waals surface area contributed by atoms with Crippen LogP contribution in [0.25, 0.3) is 0 Å². The molecule has 0 bridgehead atoms. The van der Waals surface area contributed by atoms with Gasteiger partial charge >= 0.3 is 12.3 Å². The molecule has 10 heteroatoms. The largest absolute Gasteiger partial charge is 0.432 e. The van der Waals surface area contributed by atoms with Gasteiger partial charge in [0.1, 0.15) is 40.1 Å². The van der Waals surface area contributed by atoms with Gasteiger partial charge in [-0.3, -0.25) is 0 Å². The molecule has 1 fully saturated rings. The van der Waals surface area contributed by atoms with Crippen LogP contribution < -0.4 is 4.74 Å². The van der Waals surface area contributed by atoms with Crippen LogP contribution in [-0.4, -0.2) is 0 Å². The summed E-state index contributed by atoms with van der Waals surface area (Å²) in [4.78, 5) is 0. The SMILES string of the molecule is CCCC1CCC(c2cc(F)c(C(F)(F)Oc3cc(F)c(C(F)(F)F)c(F)c3)c(F)c2)CC1. The molecule has 1 saturated carbocycles. The van der Waals surface area contributed by atoms with Crippen LogP contribution in [0.3, 0.4) is 0 Å². The Morgan fingerprint density at radius 1 is 0.758 bits per heavy atom. The molecule has 0 amide bonds. The van der Waals surface area contributed by atoms with Crippen LogP contribution in [0, 0.1) is 29.2 Å². The predicted molar refractivity (Wildman–Crippen MR) is 102 cm³/mol. The van der Waals surface area contributed by atoms with E-state index in [-0.39, 0.29) is 23.6 Å². The number of hydrogen-bond acceptors (Lipinski definition) is 1. The second kappa shape index (κ2) is 9.46. The van der Waals surface area contributed by atoms with Gasteiger partial charge in [-0.05, 0) is 55.2 Å². The summed E-state index contributed by atoms with van der Waals surface area (Å²) in [5, 5.41) is 0. The summed E-state index contributed by atoms with van der Waals surface area (Å²) in [6.07, 6.45) is -5.08. The second-order valence-corrected chi connectivity index (χ2v) is 8.24. The minimum atomic E-state index is -5.42. The highest BCUT2D eigenvalue weighted by molar-refractivity contribution is 5.35. The van der Waals surface area contributed by atoms with Crippen LogP contribution in [0.4, 0.5) is 39.5 Å². The Hall–Kier alpha value is -2.39. The minimum absolute atomic E-state index is 0.126. The Bertz CT molecular complexity index is 946. The average molecular weight is 484 g/mol. The van der Waals surface area contributed by atoms with Gasteiger partial charge in [-0.1, -0.05) is 19.8 Å². The lowest BCUT2D eigenvalue weighted by molar-refractivity contribution is -0.189. The molecule has 0 spiro atoms. The second-order valence-electron chi connectivity index (χ2n) is 8.24. The van der Waals surface area contributed by atoms with Crippen molar-refractivity contribution in [2.75, 3.05) is 0 Å². The Morgan fingerprint density at radius 2 is 1.24 bits per heavy atom. The van der Waals surface area contributed by atoms with E-state index >= 15 is 0 Å². The van der Waals surface area contributed by atoms with Gasteiger partial charge in [-0.2, -0.15) is 22.0 Å². The number of rotatable bonds is 6. The third-order valence-corrected chi connectivity index (χ3v) is 5.92. The maximum atomic E-state index is 14.5. The first-order valence-electron chi connectivity index (χ1n) is 10.5. The summed E-state index contributed by atoms with van der Waals surface area (Å²) in [5.74, 6) is -8.71. The average Bonchev–Trinajstić information content (AvgIpc) is 2.65. The van der Waals surface area contributed by atoms with Crippen LogP contribution in [-0.2, 0) is 12.3 Å². The summed E-state index contributed by atoms with van der Waals surface area (Å²) >= 11 is 0. The molecule has 0 aliphatic heterocycles. The molecular weight excluding hydrogens is 463 g/mol. The minimum Gasteiger partial charge on any atom is -0.429 e.